The molecule has 1 aromatic rings. The van der Waals surface area contributed by atoms with Gasteiger partial charge in [0.1, 0.15) is 5.75 Å². The smallest absolute Gasteiger partial charge is 0.321 e. The molecule has 0 aliphatic carbocycles. The maximum Gasteiger partial charge on any atom is 0.321 e. The Hall–Kier alpha value is -1.75. The van der Waals surface area contributed by atoms with E-state index in [1.54, 1.807) is 4.90 Å². The monoisotopic (exact) mass is 294 g/mol. The first-order valence-electron chi connectivity index (χ1n) is 7.52. The summed E-state index contributed by atoms with van der Waals surface area (Å²) in [6.07, 6.45) is 1.82. The van der Waals surface area contributed by atoms with Crippen LogP contribution < -0.4 is 10.1 Å². The minimum atomic E-state index is -0.184. The first kappa shape index (κ1) is 17.3. The molecule has 0 aliphatic heterocycles. The molecule has 21 heavy (non-hydrogen) atoms. The van der Waals surface area contributed by atoms with Gasteiger partial charge in [-0.25, -0.2) is 4.79 Å². The Morgan fingerprint density at radius 3 is 2.62 bits per heavy atom. The summed E-state index contributed by atoms with van der Waals surface area (Å²) in [7, 11) is 0. The number of ether oxygens (including phenoxy) is 1. The van der Waals surface area contributed by atoms with E-state index in [4.69, 9.17) is 9.84 Å². The Morgan fingerprint density at radius 2 is 2.05 bits per heavy atom. The van der Waals surface area contributed by atoms with E-state index in [1.807, 2.05) is 32.0 Å². The summed E-state index contributed by atoms with van der Waals surface area (Å²) in [4.78, 5) is 13.8. The van der Waals surface area contributed by atoms with Crippen LogP contribution >= 0.6 is 0 Å². The number of urea groups is 1. The van der Waals surface area contributed by atoms with Gasteiger partial charge in [0, 0.05) is 18.8 Å². The summed E-state index contributed by atoms with van der Waals surface area (Å²) in [5, 5.41) is 11.9. The molecular formula is C16H26N2O3. The molecule has 0 aliphatic rings. The number of aliphatic hydroxyl groups excluding tert-OH is 1. The highest BCUT2D eigenvalue weighted by Gasteiger charge is 2.13. The highest BCUT2D eigenvalue weighted by molar-refractivity contribution is 5.90. The molecule has 0 radical (unpaired) electrons. The van der Waals surface area contributed by atoms with Crippen molar-refractivity contribution in [2.45, 2.75) is 33.6 Å². The van der Waals surface area contributed by atoms with Gasteiger partial charge in [-0.2, -0.15) is 0 Å². The van der Waals surface area contributed by atoms with Crippen LogP contribution in [0.5, 0.6) is 5.75 Å². The summed E-state index contributed by atoms with van der Waals surface area (Å²) in [6, 6.07) is 5.44. The van der Waals surface area contributed by atoms with Gasteiger partial charge in [0.2, 0.25) is 0 Å². The normalized spacial score (nSPS) is 10.3. The number of anilines is 1. The molecule has 2 N–H and O–H groups in total. The zero-order valence-corrected chi connectivity index (χ0v) is 13.2. The number of aryl methyl sites for hydroxylation is 1. The summed E-state index contributed by atoms with van der Waals surface area (Å²) in [5.74, 6) is 0.813. The lowest BCUT2D eigenvalue weighted by Crippen LogP contribution is -2.37. The molecule has 5 nitrogen and oxygen atoms in total. The molecule has 0 atom stereocenters. The van der Waals surface area contributed by atoms with Gasteiger partial charge in [-0.1, -0.05) is 13.8 Å². The average Bonchev–Trinajstić information content (AvgIpc) is 2.47. The molecular weight excluding hydrogens is 268 g/mol. The van der Waals surface area contributed by atoms with E-state index in [0.717, 1.165) is 29.8 Å². The van der Waals surface area contributed by atoms with Crippen molar-refractivity contribution in [3.63, 3.8) is 0 Å². The highest BCUT2D eigenvalue weighted by Crippen LogP contribution is 2.21. The Kier molecular flexibility index (Phi) is 7.61. The summed E-state index contributed by atoms with van der Waals surface area (Å²) in [6.45, 7) is 7.62. The Bertz CT molecular complexity index is 443. The van der Waals surface area contributed by atoms with Gasteiger partial charge in [0.25, 0.3) is 0 Å². The number of hydrogen-bond donors (Lipinski definition) is 2. The number of aliphatic hydroxyl groups is 1. The van der Waals surface area contributed by atoms with E-state index in [1.165, 1.54) is 0 Å². The molecule has 0 aromatic heterocycles. The van der Waals surface area contributed by atoms with Crippen molar-refractivity contribution in [2.24, 2.45) is 0 Å². The second-order valence-corrected chi connectivity index (χ2v) is 4.97. The molecule has 118 valence electrons. The van der Waals surface area contributed by atoms with E-state index in [2.05, 4.69) is 12.2 Å². The number of carbonyl (C=O) groups is 1. The standard InChI is InChI=1S/C16H26N2O3/c1-4-8-18(9-10-19)16(20)17-15-7-6-14(12-13(15)3)21-11-5-2/h6-7,12,19H,4-5,8-11H2,1-3H3,(H,17,20). The number of nitrogens with zero attached hydrogens (tertiary/aromatic N) is 1. The number of carbonyl (C=O) groups excluding carboxylic acids is 1. The average molecular weight is 294 g/mol. The molecule has 0 bridgehead atoms. The third-order valence-electron chi connectivity index (χ3n) is 3.06. The van der Waals surface area contributed by atoms with E-state index < -0.39 is 0 Å². The number of rotatable bonds is 8. The van der Waals surface area contributed by atoms with Crippen LogP contribution in [0.1, 0.15) is 32.3 Å². The number of nitrogens with one attached hydrogen (secondary N) is 1. The van der Waals surface area contributed by atoms with Crippen molar-refractivity contribution in [2.75, 3.05) is 31.6 Å². The lowest BCUT2D eigenvalue weighted by molar-refractivity contribution is 0.188. The van der Waals surface area contributed by atoms with Crippen molar-refractivity contribution in [1.29, 1.82) is 0 Å². The fourth-order valence-corrected chi connectivity index (χ4v) is 1.99. The van der Waals surface area contributed by atoms with E-state index in [9.17, 15) is 4.79 Å². The van der Waals surface area contributed by atoms with Crippen molar-refractivity contribution in [3.05, 3.63) is 23.8 Å². The van der Waals surface area contributed by atoms with E-state index >= 15 is 0 Å². The topological polar surface area (TPSA) is 61.8 Å². The largest absolute Gasteiger partial charge is 0.494 e. The van der Waals surface area contributed by atoms with Crippen molar-refractivity contribution >= 4 is 11.7 Å². The quantitative estimate of drug-likeness (QED) is 0.774. The molecule has 1 aromatic carbocycles. The van der Waals surface area contributed by atoms with Crippen LogP contribution in [0.4, 0.5) is 10.5 Å². The van der Waals surface area contributed by atoms with Crippen molar-refractivity contribution < 1.29 is 14.6 Å². The van der Waals surface area contributed by atoms with Crippen LogP contribution in [-0.4, -0.2) is 42.3 Å². The van der Waals surface area contributed by atoms with Crippen LogP contribution in [0, 0.1) is 6.92 Å². The van der Waals surface area contributed by atoms with E-state index in [-0.39, 0.29) is 12.6 Å². The maximum absolute atomic E-state index is 12.2. The van der Waals surface area contributed by atoms with Crippen LogP contribution in [-0.2, 0) is 0 Å². The third-order valence-corrected chi connectivity index (χ3v) is 3.06. The van der Waals surface area contributed by atoms with Gasteiger partial charge in [-0.05, 0) is 43.5 Å². The molecule has 0 saturated heterocycles. The zero-order valence-electron chi connectivity index (χ0n) is 13.2. The van der Waals surface area contributed by atoms with Gasteiger partial charge in [-0.15, -0.1) is 0 Å². The number of amides is 2. The first-order valence-corrected chi connectivity index (χ1v) is 7.52. The first-order chi connectivity index (χ1) is 10.1. The predicted molar refractivity (Wildman–Crippen MR) is 84.9 cm³/mol. The fourth-order valence-electron chi connectivity index (χ4n) is 1.99. The summed E-state index contributed by atoms with van der Waals surface area (Å²) < 4.78 is 5.56. The summed E-state index contributed by atoms with van der Waals surface area (Å²) in [5.41, 5.74) is 1.72. The highest BCUT2D eigenvalue weighted by atomic mass is 16.5. The molecule has 0 fully saturated rings. The van der Waals surface area contributed by atoms with Crippen LogP contribution in [0.15, 0.2) is 18.2 Å². The van der Waals surface area contributed by atoms with Crippen molar-refractivity contribution in [3.8, 4) is 5.75 Å². The minimum absolute atomic E-state index is 0.0315. The van der Waals surface area contributed by atoms with Crippen LogP contribution in [0.2, 0.25) is 0 Å². The molecule has 2 amide bonds. The lowest BCUT2D eigenvalue weighted by Gasteiger charge is -2.22. The second-order valence-electron chi connectivity index (χ2n) is 4.97. The van der Waals surface area contributed by atoms with Crippen LogP contribution in [0.3, 0.4) is 0 Å². The zero-order chi connectivity index (χ0) is 15.7. The Labute approximate surface area is 126 Å². The molecule has 0 heterocycles. The molecule has 1 rings (SSSR count). The molecule has 5 heteroatoms. The summed E-state index contributed by atoms with van der Waals surface area (Å²) >= 11 is 0. The Balaban J connectivity index is 2.70. The van der Waals surface area contributed by atoms with Gasteiger partial charge in [0.15, 0.2) is 0 Å². The van der Waals surface area contributed by atoms with Crippen molar-refractivity contribution in [1.82, 2.24) is 4.90 Å². The third kappa shape index (κ3) is 5.63. The predicted octanol–water partition coefficient (Wildman–Crippen LogP) is 3.02. The fraction of sp³-hybridized carbons (Fsp3) is 0.562. The second kappa shape index (κ2) is 9.23. The maximum atomic E-state index is 12.2. The van der Waals surface area contributed by atoms with Gasteiger partial charge < -0.3 is 20.1 Å². The number of hydrogen-bond acceptors (Lipinski definition) is 3. The van der Waals surface area contributed by atoms with Gasteiger partial charge in [-0.3, -0.25) is 0 Å². The molecule has 0 saturated carbocycles. The minimum Gasteiger partial charge on any atom is -0.494 e. The molecule has 0 unspecified atom stereocenters. The Morgan fingerprint density at radius 1 is 1.29 bits per heavy atom. The molecule has 0 spiro atoms. The lowest BCUT2D eigenvalue weighted by atomic mass is 10.2. The van der Waals surface area contributed by atoms with Crippen LogP contribution in [0.25, 0.3) is 0 Å². The number of benzene rings is 1. The van der Waals surface area contributed by atoms with Gasteiger partial charge >= 0.3 is 6.03 Å². The SMILES string of the molecule is CCCOc1ccc(NC(=O)N(CCC)CCO)c(C)c1. The van der Waals surface area contributed by atoms with Gasteiger partial charge in [0.05, 0.1) is 13.2 Å². The van der Waals surface area contributed by atoms with E-state index in [0.29, 0.717) is 19.7 Å².